The Bertz CT molecular complexity index is 495. The maximum Gasteiger partial charge on any atom is 0.326 e. The van der Waals surface area contributed by atoms with E-state index in [1.807, 2.05) is 13.0 Å². The summed E-state index contributed by atoms with van der Waals surface area (Å²) in [4.78, 5) is 17.3. The minimum Gasteiger partial charge on any atom is -0.480 e. The summed E-state index contributed by atoms with van der Waals surface area (Å²) in [6.07, 6.45) is 1.86. The molecule has 0 radical (unpaired) electrons. The molecule has 0 bridgehead atoms. The number of nitriles is 1. The number of hydrogen-bond acceptors (Lipinski definition) is 4. The number of carboxylic acids is 1. The fourth-order valence-electron chi connectivity index (χ4n) is 2.47. The molecule has 94 valence electrons. The van der Waals surface area contributed by atoms with Crippen molar-refractivity contribution in [2.45, 2.75) is 25.8 Å². The van der Waals surface area contributed by atoms with Crippen LogP contribution in [0, 0.1) is 17.2 Å². The molecule has 5 heteroatoms. The lowest BCUT2D eigenvalue weighted by Gasteiger charge is -2.38. The Balaban J connectivity index is 2.34. The summed E-state index contributed by atoms with van der Waals surface area (Å²) in [5.74, 6) is -0.164. The molecule has 0 aromatic carbocycles. The number of anilines is 1. The van der Waals surface area contributed by atoms with Gasteiger partial charge in [-0.3, -0.25) is 0 Å². The van der Waals surface area contributed by atoms with Gasteiger partial charge in [-0.1, -0.05) is 13.0 Å². The Morgan fingerprint density at radius 1 is 1.61 bits per heavy atom. The van der Waals surface area contributed by atoms with Gasteiger partial charge in [-0.25, -0.2) is 9.78 Å². The summed E-state index contributed by atoms with van der Waals surface area (Å²) in [6.45, 7) is 2.61. The first-order valence-corrected chi connectivity index (χ1v) is 6.00. The van der Waals surface area contributed by atoms with Crippen LogP contribution in [0.25, 0.3) is 0 Å². The summed E-state index contributed by atoms with van der Waals surface area (Å²) in [5.41, 5.74) is 0.315. The molecule has 1 fully saturated rings. The van der Waals surface area contributed by atoms with E-state index in [-0.39, 0.29) is 5.92 Å². The second-order valence-electron chi connectivity index (χ2n) is 4.59. The van der Waals surface area contributed by atoms with E-state index in [4.69, 9.17) is 5.26 Å². The van der Waals surface area contributed by atoms with Crippen molar-refractivity contribution in [3.8, 4) is 6.07 Å². The van der Waals surface area contributed by atoms with Crippen LogP contribution in [0.1, 0.15) is 25.5 Å². The Morgan fingerprint density at radius 3 is 3.06 bits per heavy atom. The van der Waals surface area contributed by atoms with Crippen molar-refractivity contribution >= 4 is 11.8 Å². The normalized spacial score (nSPS) is 23.4. The number of aromatic nitrogens is 1. The van der Waals surface area contributed by atoms with Crippen molar-refractivity contribution in [1.29, 1.82) is 5.26 Å². The van der Waals surface area contributed by atoms with Gasteiger partial charge in [0.2, 0.25) is 0 Å². The van der Waals surface area contributed by atoms with Gasteiger partial charge in [-0.2, -0.15) is 5.26 Å². The summed E-state index contributed by atoms with van der Waals surface area (Å²) in [7, 11) is 0. The molecule has 1 aliphatic heterocycles. The topological polar surface area (TPSA) is 77.2 Å². The largest absolute Gasteiger partial charge is 0.480 e. The number of carbonyl (C=O) groups is 1. The molecule has 5 nitrogen and oxygen atoms in total. The second kappa shape index (κ2) is 5.05. The summed E-state index contributed by atoms with van der Waals surface area (Å²) < 4.78 is 0. The number of piperidine rings is 1. The highest BCUT2D eigenvalue weighted by molar-refractivity contribution is 5.78. The number of pyridine rings is 1. The SMILES string of the molecule is CC1CCCN(c2cccc(C#N)n2)C1C(=O)O. The highest BCUT2D eigenvalue weighted by Gasteiger charge is 2.34. The molecule has 18 heavy (non-hydrogen) atoms. The third-order valence-electron chi connectivity index (χ3n) is 3.33. The van der Waals surface area contributed by atoms with Gasteiger partial charge >= 0.3 is 5.97 Å². The zero-order valence-corrected chi connectivity index (χ0v) is 10.2. The molecular weight excluding hydrogens is 230 g/mol. The first-order valence-electron chi connectivity index (χ1n) is 6.00. The van der Waals surface area contributed by atoms with Crippen molar-refractivity contribution in [3.05, 3.63) is 23.9 Å². The summed E-state index contributed by atoms with van der Waals surface area (Å²) in [5, 5.41) is 18.2. The van der Waals surface area contributed by atoms with Crippen LogP contribution < -0.4 is 4.90 Å². The molecule has 2 atom stereocenters. The summed E-state index contributed by atoms with van der Waals surface area (Å²) in [6, 6.07) is 6.53. The van der Waals surface area contributed by atoms with Gasteiger partial charge in [-0.05, 0) is 30.9 Å². The third kappa shape index (κ3) is 2.28. The van der Waals surface area contributed by atoms with Crippen LogP contribution in [0.4, 0.5) is 5.82 Å². The number of nitrogens with zero attached hydrogens (tertiary/aromatic N) is 3. The lowest BCUT2D eigenvalue weighted by molar-refractivity contribution is -0.140. The van der Waals surface area contributed by atoms with Crippen molar-refractivity contribution in [2.24, 2.45) is 5.92 Å². The molecular formula is C13H15N3O2. The van der Waals surface area contributed by atoms with Crippen molar-refractivity contribution in [3.63, 3.8) is 0 Å². The lowest BCUT2D eigenvalue weighted by atomic mass is 9.91. The lowest BCUT2D eigenvalue weighted by Crippen LogP contribution is -2.49. The third-order valence-corrected chi connectivity index (χ3v) is 3.33. The van der Waals surface area contributed by atoms with Gasteiger partial charge in [0, 0.05) is 6.54 Å². The molecule has 2 unspecified atom stereocenters. The van der Waals surface area contributed by atoms with Crippen LogP contribution in [0.15, 0.2) is 18.2 Å². The van der Waals surface area contributed by atoms with Crippen LogP contribution in [-0.4, -0.2) is 28.6 Å². The molecule has 1 saturated heterocycles. The van der Waals surface area contributed by atoms with E-state index in [2.05, 4.69) is 4.98 Å². The first-order chi connectivity index (χ1) is 8.63. The van der Waals surface area contributed by atoms with Gasteiger partial charge < -0.3 is 10.0 Å². The van der Waals surface area contributed by atoms with Crippen LogP contribution in [0.2, 0.25) is 0 Å². The fraction of sp³-hybridized carbons (Fsp3) is 0.462. The smallest absolute Gasteiger partial charge is 0.326 e. The van der Waals surface area contributed by atoms with Gasteiger partial charge in [0.15, 0.2) is 0 Å². The van der Waals surface area contributed by atoms with Crippen molar-refractivity contribution < 1.29 is 9.90 Å². The van der Waals surface area contributed by atoms with E-state index in [1.54, 1.807) is 23.1 Å². The van der Waals surface area contributed by atoms with Crippen LogP contribution in [0.5, 0.6) is 0 Å². The molecule has 0 spiro atoms. The second-order valence-corrected chi connectivity index (χ2v) is 4.59. The van der Waals surface area contributed by atoms with Crippen LogP contribution in [0.3, 0.4) is 0 Å². The van der Waals surface area contributed by atoms with E-state index in [9.17, 15) is 9.90 Å². The molecule has 1 aliphatic rings. The number of rotatable bonds is 2. The fourth-order valence-corrected chi connectivity index (χ4v) is 2.47. The Kier molecular flexibility index (Phi) is 3.47. The van der Waals surface area contributed by atoms with E-state index in [1.165, 1.54) is 0 Å². The molecule has 2 heterocycles. The number of carboxylic acid groups (broad SMARTS) is 1. The molecule has 0 aliphatic carbocycles. The monoisotopic (exact) mass is 245 g/mol. The minimum absolute atomic E-state index is 0.0868. The van der Waals surface area contributed by atoms with Crippen molar-refractivity contribution in [1.82, 2.24) is 4.98 Å². The first kappa shape index (κ1) is 12.4. The van der Waals surface area contributed by atoms with E-state index < -0.39 is 12.0 Å². The Labute approximate surface area is 106 Å². The standard InChI is InChI=1S/C13H15N3O2/c1-9-4-3-7-16(12(9)13(17)18)11-6-2-5-10(8-14)15-11/h2,5-6,9,12H,3-4,7H2,1H3,(H,17,18). The highest BCUT2D eigenvalue weighted by atomic mass is 16.4. The summed E-state index contributed by atoms with van der Waals surface area (Å²) >= 11 is 0. The van der Waals surface area contributed by atoms with E-state index in [0.717, 1.165) is 12.8 Å². The van der Waals surface area contributed by atoms with Crippen molar-refractivity contribution in [2.75, 3.05) is 11.4 Å². The Hall–Kier alpha value is -2.09. The quantitative estimate of drug-likeness (QED) is 0.857. The predicted molar refractivity (Wildman–Crippen MR) is 66.1 cm³/mol. The average Bonchev–Trinajstić information content (AvgIpc) is 2.38. The Morgan fingerprint density at radius 2 is 2.39 bits per heavy atom. The van der Waals surface area contributed by atoms with Crippen LogP contribution in [-0.2, 0) is 4.79 Å². The molecule has 0 amide bonds. The molecule has 0 saturated carbocycles. The number of aliphatic carboxylic acids is 1. The number of hydrogen-bond donors (Lipinski definition) is 1. The molecule has 1 N–H and O–H groups in total. The zero-order valence-electron chi connectivity index (χ0n) is 10.2. The maximum atomic E-state index is 11.4. The minimum atomic E-state index is -0.827. The zero-order chi connectivity index (χ0) is 13.1. The average molecular weight is 245 g/mol. The molecule has 1 aromatic heterocycles. The van der Waals surface area contributed by atoms with Crippen LogP contribution >= 0.6 is 0 Å². The predicted octanol–water partition coefficient (Wildman–Crippen LogP) is 1.64. The molecule has 1 aromatic rings. The molecule has 2 rings (SSSR count). The van der Waals surface area contributed by atoms with E-state index in [0.29, 0.717) is 18.1 Å². The highest BCUT2D eigenvalue weighted by Crippen LogP contribution is 2.27. The van der Waals surface area contributed by atoms with Gasteiger partial charge in [-0.15, -0.1) is 0 Å². The van der Waals surface area contributed by atoms with Gasteiger partial charge in [0.25, 0.3) is 0 Å². The van der Waals surface area contributed by atoms with Gasteiger partial charge in [0.1, 0.15) is 23.6 Å². The van der Waals surface area contributed by atoms with E-state index >= 15 is 0 Å². The maximum absolute atomic E-state index is 11.4. The van der Waals surface area contributed by atoms with Gasteiger partial charge in [0.05, 0.1) is 0 Å².